The number of carbonyl (C=O) groups excluding carboxylic acids is 1. The third kappa shape index (κ3) is 13.4. The lowest BCUT2D eigenvalue weighted by molar-refractivity contribution is 0.0505. The number of aliphatic imine (C=N–C) groups is 2. The molecule has 0 spiro atoms. The molecule has 4 aromatic rings. The molecule has 8 heterocycles. The second kappa shape index (κ2) is 22.3. The maximum Gasteiger partial charge on any atom is 0.407 e. The number of hydrogen-bond donors (Lipinski definition) is 6. The van der Waals surface area contributed by atoms with Crippen molar-refractivity contribution in [1.29, 1.82) is 0 Å². The SMILES string of the molecule is CC(C)(C)OC(=O)NC1CCN(CCC2CSC(c3cc4cc(Cl)cc(NC5CCOCC5)c4[nH]3)=N2)C1.NC1CCN(CCC2CSC(c3cc4cc(Cl)cc(NC5CCOCC5)c4[nH]3)=N2)C1. The number of nitrogens with zero attached hydrogens (tertiary/aromatic N) is 4. The Morgan fingerprint density at radius 2 is 1.22 bits per heavy atom. The molecule has 1 amide bonds. The van der Waals surface area contributed by atoms with Crippen LogP contribution < -0.4 is 21.7 Å². The molecule has 14 nitrogen and oxygen atoms in total. The summed E-state index contributed by atoms with van der Waals surface area (Å²) in [6.45, 7) is 15.0. The van der Waals surface area contributed by atoms with Gasteiger partial charge in [0.25, 0.3) is 0 Å². The summed E-state index contributed by atoms with van der Waals surface area (Å²) in [5.41, 5.74) is 12.0. The van der Waals surface area contributed by atoms with E-state index in [1.54, 1.807) is 0 Å². The van der Waals surface area contributed by atoms with Crippen LogP contribution in [0.3, 0.4) is 0 Å². The van der Waals surface area contributed by atoms with Crippen LogP contribution >= 0.6 is 46.7 Å². The number of nitrogens with two attached hydrogens (primary N) is 1. The van der Waals surface area contributed by atoms with Crippen LogP contribution in [0.5, 0.6) is 0 Å². The molecule has 0 radical (unpaired) electrons. The van der Waals surface area contributed by atoms with Gasteiger partial charge in [0.05, 0.1) is 45.9 Å². The second-order valence-electron chi connectivity index (χ2n) is 19.9. The van der Waals surface area contributed by atoms with Crippen molar-refractivity contribution in [2.75, 3.05) is 87.8 Å². The number of H-pyrrole nitrogens is 2. The number of alkyl carbamates (subject to hydrolysis) is 1. The predicted octanol–water partition coefficient (Wildman–Crippen LogP) is 8.96. The minimum absolute atomic E-state index is 0.147. The number of rotatable bonds is 13. The lowest BCUT2D eigenvalue weighted by Gasteiger charge is -2.24. The van der Waals surface area contributed by atoms with Crippen LogP contribution in [0.4, 0.5) is 16.2 Å². The number of carbonyl (C=O) groups is 1. The molecule has 4 atom stereocenters. The Bertz CT molecular complexity index is 2390. The summed E-state index contributed by atoms with van der Waals surface area (Å²) in [6.07, 6.45) is 7.91. The second-order valence-corrected chi connectivity index (χ2v) is 22.8. The van der Waals surface area contributed by atoms with E-state index in [1.165, 1.54) is 0 Å². The first-order valence-electron chi connectivity index (χ1n) is 24.3. The molecule has 6 aliphatic rings. The van der Waals surface area contributed by atoms with Gasteiger partial charge >= 0.3 is 6.09 Å². The Balaban J connectivity index is 0.000000171. The summed E-state index contributed by atoms with van der Waals surface area (Å²) in [5.74, 6) is 2.05. The van der Waals surface area contributed by atoms with E-state index in [-0.39, 0.29) is 12.1 Å². The van der Waals surface area contributed by atoms with Gasteiger partial charge in [-0.3, -0.25) is 9.98 Å². The fourth-order valence-electron chi connectivity index (χ4n) is 9.77. The molecule has 18 heteroatoms. The number of thioether (sulfide) groups is 2. The average molecular weight is 996 g/mol. The van der Waals surface area contributed by atoms with E-state index in [9.17, 15) is 4.79 Å². The van der Waals surface area contributed by atoms with Crippen molar-refractivity contribution in [3.05, 3.63) is 57.8 Å². The zero-order valence-electron chi connectivity index (χ0n) is 39.1. The van der Waals surface area contributed by atoms with E-state index in [2.05, 4.69) is 47.9 Å². The molecule has 364 valence electrons. The summed E-state index contributed by atoms with van der Waals surface area (Å²) in [6, 6.07) is 14.4. The quantitative estimate of drug-likeness (QED) is 0.0757. The number of amides is 1. The highest BCUT2D eigenvalue weighted by Crippen LogP contribution is 2.35. The van der Waals surface area contributed by atoms with E-state index in [0.717, 1.165) is 193 Å². The standard InChI is InChI=1S/C27H38ClN5O3S.C22H30ClN5OS/c1-27(2,3)36-26(34)31-20-4-8-33(15-20)9-5-21-16-37-25(30-21)23-13-17-12-18(28)14-22(24(17)32-23)29-19-6-10-35-11-7-19;23-15-9-14-10-20(27-21(14)19(11-15)25-17-3-7-29-8-4-17)22-26-18(13-30-22)2-6-28-5-1-16(24)12-28/h12-14,19-21,29,32H,4-11,15-16H2,1-3H3,(H,31,34);9-11,16-18,25,27H,1-8,12-13,24H2. The van der Waals surface area contributed by atoms with Gasteiger partial charge in [-0.15, -0.1) is 23.5 Å². The number of hydrogen-bond acceptors (Lipinski definition) is 13. The van der Waals surface area contributed by atoms with E-state index in [1.807, 2.05) is 68.6 Å². The molecule has 4 fully saturated rings. The molecule has 0 saturated carbocycles. The molecule has 67 heavy (non-hydrogen) atoms. The Hall–Kier alpha value is -3.19. The summed E-state index contributed by atoms with van der Waals surface area (Å²) >= 11 is 16.5. The minimum Gasteiger partial charge on any atom is -0.444 e. The van der Waals surface area contributed by atoms with Crippen LogP contribution in [0.2, 0.25) is 10.0 Å². The van der Waals surface area contributed by atoms with E-state index < -0.39 is 5.60 Å². The number of benzene rings is 2. The van der Waals surface area contributed by atoms with Gasteiger partial charge in [-0.05, 0) is 115 Å². The van der Waals surface area contributed by atoms with Gasteiger partial charge in [0.1, 0.15) is 15.7 Å². The highest BCUT2D eigenvalue weighted by molar-refractivity contribution is 8.15. The largest absolute Gasteiger partial charge is 0.444 e. The van der Waals surface area contributed by atoms with Crippen molar-refractivity contribution in [2.45, 2.75) is 114 Å². The molecular weight excluding hydrogens is 928 g/mol. The van der Waals surface area contributed by atoms with E-state index in [4.69, 9.17) is 53.1 Å². The van der Waals surface area contributed by atoms with Crippen molar-refractivity contribution in [3.8, 4) is 0 Å². The summed E-state index contributed by atoms with van der Waals surface area (Å²) in [5, 5.41) is 16.3. The summed E-state index contributed by atoms with van der Waals surface area (Å²) in [7, 11) is 0. The first kappa shape index (κ1) is 48.8. The Labute approximate surface area is 413 Å². The van der Waals surface area contributed by atoms with Gasteiger partial charge in [0.2, 0.25) is 0 Å². The van der Waals surface area contributed by atoms with Crippen molar-refractivity contribution in [2.24, 2.45) is 15.7 Å². The average Bonchev–Trinajstić information content (AvgIpc) is 4.16. The number of halogens is 2. The van der Waals surface area contributed by atoms with Crippen molar-refractivity contribution in [1.82, 2.24) is 25.1 Å². The number of likely N-dealkylation sites (tertiary alicyclic amines) is 2. The molecule has 10 rings (SSSR count). The molecule has 0 bridgehead atoms. The van der Waals surface area contributed by atoms with Gasteiger partial charge in [-0.25, -0.2) is 4.79 Å². The third-order valence-electron chi connectivity index (χ3n) is 13.3. The summed E-state index contributed by atoms with van der Waals surface area (Å²) < 4.78 is 16.4. The van der Waals surface area contributed by atoms with Crippen molar-refractivity contribution < 1.29 is 19.0 Å². The van der Waals surface area contributed by atoms with Gasteiger partial charge in [0.15, 0.2) is 0 Å². The smallest absolute Gasteiger partial charge is 0.407 e. The zero-order chi connectivity index (χ0) is 46.5. The molecular formula is C49H68Cl2N10O4S2. The monoisotopic (exact) mass is 994 g/mol. The van der Waals surface area contributed by atoms with Crippen LogP contribution in [0.1, 0.15) is 83.5 Å². The van der Waals surface area contributed by atoms with Crippen molar-refractivity contribution in [3.63, 3.8) is 0 Å². The molecule has 0 aliphatic carbocycles. The normalized spacial score (nSPS) is 24.5. The predicted molar refractivity (Wildman–Crippen MR) is 280 cm³/mol. The van der Waals surface area contributed by atoms with E-state index in [0.29, 0.717) is 30.2 Å². The van der Waals surface area contributed by atoms with Crippen LogP contribution in [-0.4, -0.2) is 155 Å². The number of ether oxygens (including phenoxy) is 3. The maximum atomic E-state index is 12.1. The first-order chi connectivity index (χ1) is 32.4. The lowest BCUT2D eigenvalue weighted by atomic mass is 10.1. The molecule has 7 N–H and O–H groups in total. The molecule has 2 aromatic carbocycles. The van der Waals surface area contributed by atoms with Gasteiger partial charge in [0, 0.05) is 116 Å². The van der Waals surface area contributed by atoms with Crippen molar-refractivity contribution >= 4 is 96.1 Å². The van der Waals surface area contributed by atoms with Crippen LogP contribution in [0.25, 0.3) is 21.8 Å². The highest BCUT2D eigenvalue weighted by Gasteiger charge is 2.29. The fraction of sp³-hybridized carbons (Fsp3) is 0.612. The van der Waals surface area contributed by atoms with Crippen LogP contribution in [0, 0.1) is 0 Å². The van der Waals surface area contributed by atoms with E-state index >= 15 is 0 Å². The third-order valence-corrected chi connectivity index (χ3v) is 16.0. The molecule has 6 aliphatic heterocycles. The van der Waals surface area contributed by atoms with Crippen LogP contribution in [-0.2, 0) is 14.2 Å². The molecule has 2 aromatic heterocycles. The van der Waals surface area contributed by atoms with Gasteiger partial charge in [-0.1, -0.05) is 23.2 Å². The van der Waals surface area contributed by atoms with Crippen LogP contribution in [0.15, 0.2) is 46.4 Å². The Morgan fingerprint density at radius 3 is 1.70 bits per heavy atom. The zero-order valence-corrected chi connectivity index (χ0v) is 42.3. The number of anilines is 2. The minimum atomic E-state index is -0.474. The number of nitrogens with one attached hydrogen (secondary N) is 5. The first-order valence-corrected chi connectivity index (χ1v) is 27.0. The fourth-order valence-corrected chi connectivity index (χ4v) is 12.4. The lowest BCUT2D eigenvalue weighted by Crippen LogP contribution is -2.40. The summed E-state index contributed by atoms with van der Waals surface area (Å²) in [4.78, 5) is 34.3. The maximum absolute atomic E-state index is 12.1. The number of aromatic amines is 2. The highest BCUT2D eigenvalue weighted by atomic mass is 35.5. The number of fused-ring (bicyclic) bond motifs is 2. The molecule has 4 saturated heterocycles. The Morgan fingerprint density at radius 1 is 0.731 bits per heavy atom. The Kier molecular flexibility index (Phi) is 16.2. The topological polar surface area (TPSA) is 170 Å². The molecule has 4 unspecified atom stereocenters. The van der Waals surface area contributed by atoms with Gasteiger partial charge < -0.3 is 55.7 Å². The number of aromatic nitrogens is 2. The van der Waals surface area contributed by atoms with Gasteiger partial charge in [-0.2, -0.15) is 0 Å².